The molecule has 0 radical (unpaired) electrons. The molecule has 0 aromatic rings. The Morgan fingerprint density at radius 3 is 2.20 bits per heavy atom. The number of carbonyl (C=O) groups excluding carboxylic acids is 1. The van der Waals surface area contributed by atoms with Gasteiger partial charge in [0.05, 0.1) is 18.6 Å². The van der Waals surface area contributed by atoms with E-state index in [1.807, 2.05) is 0 Å². The molecular weight excluding hydrogens is 128 g/mol. The van der Waals surface area contributed by atoms with Gasteiger partial charge in [-0.3, -0.25) is 4.79 Å². The molecule has 0 aliphatic heterocycles. The highest BCUT2D eigenvalue weighted by molar-refractivity contribution is 5.84. The third kappa shape index (κ3) is 1.56. The van der Waals surface area contributed by atoms with E-state index in [9.17, 15) is 4.79 Å². The molecule has 0 saturated heterocycles. The number of nitriles is 2. The van der Waals surface area contributed by atoms with Crippen LogP contribution in [0.25, 0.3) is 0 Å². The molecule has 10 heavy (non-hydrogen) atoms. The Bertz CT molecular complexity index is 221. The van der Waals surface area contributed by atoms with Crippen molar-refractivity contribution in [1.82, 2.24) is 0 Å². The van der Waals surface area contributed by atoms with E-state index in [4.69, 9.17) is 10.5 Å². The van der Waals surface area contributed by atoms with Crippen LogP contribution in [0.15, 0.2) is 0 Å². The minimum absolute atomic E-state index is 0.0289. The zero-order chi connectivity index (χ0) is 8.20. The van der Waals surface area contributed by atoms with Gasteiger partial charge in [0.25, 0.3) is 0 Å². The molecule has 0 aliphatic carbocycles. The molecule has 0 amide bonds. The molecule has 0 rings (SSSR count). The lowest BCUT2D eigenvalue weighted by Gasteiger charge is -2.11. The first-order valence-corrected chi connectivity index (χ1v) is 2.86. The van der Waals surface area contributed by atoms with Crippen molar-refractivity contribution < 1.29 is 4.79 Å². The Morgan fingerprint density at radius 2 is 2.10 bits per heavy atom. The Morgan fingerprint density at radius 1 is 1.60 bits per heavy atom. The van der Waals surface area contributed by atoms with Crippen molar-refractivity contribution >= 4 is 5.78 Å². The Hall–Kier alpha value is -1.35. The normalized spacial score (nSPS) is 14.4. The fourth-order valence-corrected chi connectivity index (χ4v) is 0.401. The first kappa shape index (κ1) is 8.65. The summed E-state index contributed by atoms with van der Waals surface area (Å²) in [6, 6.07) is 3.60. The van der Waals surface area contributed by atoms with Crippen molar-refractivity contribution in [3.8, 4) is 12.1 Å². The average molecular weight is 136 g/mol. The molecule has 0 fully saturated rings. The van der Waals surface area contributed by atoms with Gasteiger partial charge in [-0.15, -0.1) is 0 Å². The molecule has 0 saturated carbocycles. The number of rotatable bonds is 2. The number of hydrogen-bond donors (Lipinski definition) is 0. The molecule has 0 spiro atoms. The van der Waals surface area contributed by atoms with Crippen LogP contribution < -0.4 is 0 Å². The van der Waals surface area contributed by atoms with E-state index in [-0.39, 0.29) is 12.2 Å². The van der Waals surface area contributed by atoms with Gasteiger partial charge in [0.2, 0.25) is 0 Å². The van der Waals surface area contributed by atoms with Crippen molar-refractivity contribution in [1.29, 1.82) is 10.5 Å². The van der Waals surface area contributed by atoms with Crippen molar-refractivity contribution in [2.45, 2.75) is 20.3 Å². The summed E-state index contributed by atoms with van der Waals surface area (Å²) in [5.41, 5.74) is -1.10. The average Bonchev–Trinajstić information content (AvgIpc) is 1.88. The Balaban J connectivity index is 4.47. The predicted molar refractivity (Wildman–Crippen MR) is 34.6 cm³/mol. The highest BCUT2D eigenvalue weighted by atomic mass is 16.1. The number of hydrogen-bond acceptors (Lipinski definition) is 3. The van der Waals surface area contributed by atoms with Gasteiger partial charge in [0.15, 0.2) is 5.78 Å². The van der Waals surface area contributed by atoms with Gasteiger partial charge in [-0.2, -0.15) is 10.5 Å². The molecule has 3 nitrogen and oxygen atoms in total. The monoisotopic (exact) mass is 136 g/mol. The topological polar surface area (TPSA) is 64.7 Å². The maximum atomic E-state index is 10.7. The van der Waals surface area contributed by atoms with Gasteiger partial charge in [-0.1, -0.05) is 0 Å². The van der Waals surface area contributed by atoms with Gasteiger partial charge in [-0.05, 0) is 13.8 Å². The van der Waals surface area contributed by atoms with Crippen LogP contribution in [0, 0.1) is 28.1 Å². The third-order valence-corrected chi connectivity index (χ3v) is 1.46. The van der Waals surface area contributed by atoms with E-state index >= 15 is 0 Å². The second kappa shape index (κ2) is 2.98. The number of ketones is 1. The Kier molecular flexibility index (Phi) is 2.58. The van der Waals surface area contributed by atoms with E-state index in [2.05, 4.69) is 0 Å². The van der Waals surface area contributed by atoms with E-state index in [0.29, 0.717) is 0 Å². The standard InChI is InChI=1S/C7H8N2O/c1-6(10)7(2,5-9)3-4-8/h3H2,1-2H3/t7-/m0/s1. The van der Waals surface area contributed by atoms with Crippen LogP contribution in [-0.2, 0) is 4.79 Å². The minimum Gasteiger partial charge on any atom is -0.298 e. The molecule has 0 heterocycles. The lowest BCUT2D eigenvalue weighted by molar-refractivity contribution is -0.122. The summed E-state index contributed by atoms with van der Waals surface area (Å²) in [5.74, 6) is -0.253. The second-order valence-electron chi connectivity index (χ2n) is 2.33. The van der Waals surface area contributed by atoms with E-state index in [0.717, 1.165) is 0 Å². The zero-order valence-electron chi connectivity index (χ0n) is 6.01. The lowest BCUT2D eigenvalue weighted by atomic mass is 9.85. The molecule has 0 N–H and O–H groups in total. The first-order chi connectivity index (χ1) is 4.56. The van der Waals surface area contributed by atoms with E-state index in [1.54, 1.807) is 12.1 Å². The largest absolute Gasteiger partial charge is 0.298 e. The first-order valence-electron chi connectivity index (χ1n) is 2.86. The molecular formula is C7H8N2O. The lowest BCUT2D eigenvalue weighted by Crippen LogP contribution is -2.22. The Labute approximate surface area is 59.9 Å². The SMILES string of the molecule is CC(=O)[C@](C)(C#N)CC#N. The number of Topliss-reactive ketones (excluding diaryl/α,β-unsaturated/α-hetero) is 1. The highest BCUT2D eigenvalue weighted by Crippen LogP contribution is 2.19. The molecule has 0 aromatic heterocycles. The summed E-state index contributed by atoms with van der Waals surface area (Å²) in [7, 11) is 0. The van der Waals surface area contributed by atoms with Crippen molar-refractivity contribution in [2.24, 2.45) is 5.41 Å². The second-order valence-corrected chi connectivity index (χ2v) is 2.33. The van der Waals surface area contributed by atoms with Gasteiger partial charge >= 0.3 is 0 Å². The van der Waals surface area contributed by atoms with Gasteiger partial charge in [0, 0.05) is 0 Å². The van der Waals surface area contributed by atoms with Crippen molar-refractivity contribution in [2.75, 3.05) is 0 Å². The van der Waals surface area contributed by atoms with Gasteiger partial charge in [0.1, 0.15) is 5.41 Å². The van der Waals surface area contributed by atoms with Crippen LogP contribution in [-0.4, -0.2) is 5.78 Å². The summed E-state index contributed by atoms with van der Waals surface area (Å²) in [4.78, 5) is 10.7. The summed E-state index contributed by atoms with van der Waals surface area (Å²) in [5, 5.41) is 16.7. The predicted octanol–water partition coefficient (Wildman–Crippen LogP) is 1.02. The fourth-order valence-electron chi connectivity index (χ4n) is 0.401. The number of carbonyl (C=O) groups is 1. The van der Waals surface area contributed by atoms with E-state index in [1.165, 1.54) is 13.8 Å². The van der Waals surface area contributed by atoms with Crippen LogP contribution in [0.1, 0.15) is 20.3 Å². The smallest absolute Gasteiger partial charge is 0.150 e. The van der Waals surface area contributed by atoms with Gasteiger partial charge in [-0.25, -0.2) is 0 Å². The number of nitrogens with zero attached hydrogens (tertiary/aromatic N) is 2. The quantitative estimate of drug-likeness (QED) is 0.569. The summed E-state index contributed by atoms with van der Waals surface area (Å²) < 4.78 is 0. The van der Waals surface area contributed by atoms with Crippen LogP contribution in [0.4, 0.5) is 0 Å². The van der Waals surface area contributed by atoms with Crippen molar-refractivity contribution in [3.63, 3.8) is 0 Å². The highest BCUT2D eigenvalue weighted by Gasteiger charge is 2.28. The minimum atomic E-state index is -1.10. The van der Waals surface area contributed by atoms with E-state index < -0.39 is 5.41 Å². The molecule has 52 valence electrons. The van der Waals surface area contributed by atoms with Crippen LogP contribution in [0.5, 0.6) is 0 Å². The third-order valence-electron chi connectivity index (χ3n) is 1.46. The molecule has 1 atom stereocenters. The molecule has 0 bridgehead atoms. The summed E-state index contributed by atoms with van der Waals surface area (Å²) in [6.07, 6.45) is -0.0289. The summed E-state index contributed by atoms with van der Waals surface area (Å²) >= 11 is 0. The summed E-state index contributed by atoms with van der Waals surface area (Å²) in [6.45, 7) is 2.79. The van der Waals surface area contributed by atoms with Crippen molar-refractivity contribution in [3.05, 3.63) is 0 Å². The molecule has 0 aromatic carbocycles. The van der Waals surface area contributed by atoms with Crippen LogP contribution in [0.2, 0.25) is 0 Å². The van der Waals surface area contributed by atoms with Gasteiger partial charge < -0.3 is 0 Å². The maximum absolute atomic E-state index is 10.7. The molecule has 0 aliphatic rings. The fraction of sp³-hybridized carbons (Fsp3) is 0.571. The zero-order valence-corrected chi connectivity index (χ0v) is 6.01. The molecule has 3 heteroatoms. The van der Waals surface area contributed by atoms with Crippen LogP contribution >= 0.6 is 0 Å². The maximum Gasteiger partial charge on any atom is 0.150 e. The molecule has 0 unspecified atom stereocenters. The van der Waals surface area contributed by atoms with Crippen LogP contribution in [0.3, 0.4) is 0 Å².